The Morgan fingerprint density at radius 1 is 1.00 bits per heavy atom. The highest BCUT2D eigenvalue weighted by Crippen LogP contribution is 2.37. The van der Waals surface area contributed by atoms with Gasteiger partial charge in [-0.25, -0.2) is 9.59 Å². The number of nitrogens with one attached hydrogen (secondary N) is 1. The SMILES string of the molecule is CCOC(=O)COc1c(Br)cc(/C=C(\C#N)C(=O)Nc2ccc(C(=O)OCC)cc2)cc1OCC. The highest BCUT2D eigenvalue weighted by atomic mass is 79.9. The van der Waals surface area contributed by atoms with Gasteiger partial charge >= 0.3 is 11.9 Å². The summed E-state index contributed by atoms with van der Waals surface area (Å²) in [6.45, 7) is 5.70. The van der Waals surface area contributed by atoms with Crippen molar-refractivity contribution in [1.82, 2.24) is 0 Å². The monoisotopic (exact) mass is 544 g/mol. The Bertz CT molecular complexity index is 1140. The van der Waals surface area contributed by atoms with Crippen LogP contribution in [0.5, 0.6) is 11.5 Å². The van der Waals surface area contributed by atoms with Crippen LogP contribution >= 0.6 is 15.9 Å². The molecule has 2 rings (SSSR count). The number of carbonyl (C=O) groups excluding carboxylic acids is 3. The van der Waals surface area contributed by atoms with E-state index in [1.165, 1.54) is 18.2 Å². The molecule has 0 unspecified atom stereocenters. The van der Waals surface area contributed by atoms with Gasteiger partial charge in [-0.15, -0.1) is 0 Å². The zero-order chi connectivity index (χ0) is 25.8. The van der Waals surface area contributed by atoms with Gasteiger partial charge in [-0.2, -0.15) is 5.26 Å². The Morgan fingerprint density at radius 3 is 2.29 bits per heavy atom. The molecule has 0 saturated carbocycles. The van der Waals surface area contributed by atoms with Gasteiger partial charge in [-0.3, -0.25) is 4.79 Å². The van der Waals surface area contributed by atoms with Crippen molar-refractivity contribution in [3.63, 3.8) is 0 Å². The quantitative estimate of drug-likeness (QED) is 0.249. The number of rotatable bonds is 11. The molecule has 0 radical (unpaired) electrons. The van der Waals surface area contributed by atoms with Crippen LogP contribution in [0.25, 0.3) is 6.08 Å². The molecule has 0 aliphatic heterocycles. The molecule has 0 aliphatic carbocycles. The standard InChI is InChI=1S/C25H25BrN2O7/c1-4-32-21-13-16(12-20(26)23(21)35-15-22(29)33-5-2)11-18(14-27)24(30)28-19-9-7-17(8-10-19)25(31)34-6-3/h7-13H,4-6,15H2,1-3H3,(H,28,30)/b18-11+. The molecule has 10 heteroatoms. The van der Waals surface area contributed by atoms with Crippen molar-refractivity contribution in [2.24, 2.45) is 0 Å². The zero-order valence-corrected chi connectivity index (χ0v) is 21.1. The number of ether oxygens (including phenoxy) is 4. The number of hydrogen-bond donors (Lipinski definition) is 1. The van der Waals surface area contributed by atoms with Crippen molar-refractivity contribution in [3.05, 3.63) is 57.6 Å². The van der Waals surface area contributed by atoms with Crippen molar-refractivity contribution >= 4 is 45.5 Å². The number of carbonyl (C=O) groups is 3. The summed E-state index contributed by atoms with van der Waals surface area (Å²) in [5.41, 5.74) is 1.09. The van der Waals surface area contributed by atoms with Crippen LogP contribution < -0.4 is 14.8 Å². The van der Waals surface area contributed by atoms with E-state index in [2.05, 4.69) is 21.2 Å². The van der Waals surface area contributed by atoms with E-state index in [9.17, 15) is 19.6 Å². The van der Waals surface area contributed by atoms with E-state index >= 15 is 0 Å². The van der Waals surface area contributed by atoms with Crippen LogP contribution in [0, 0.1) is 11.3 Å². The highest BCUT2D eigenvalue weighted by Gasteiger charge is 2.16. The molecule has 0 bridgehead atoms. The molecule has 0 atom stereocenters. The summed E-state index contributed by atoms with van der Waals surface area (Å²) in [5, 5.41) is 12.2. The van der Waals surface area contributed by atoms with E-state index in [0.717, 1.165) is 0 Å². The number of benzene rings is 2. The third kappa shape index (κ3) is 8.15. The van der Waals surface area contributed by atoms with Gasteiger partial charge in [0.25, 0.3) is 5.91 Å². The molecule has 184 valence electrons. The molecular formula is C25H25BrN2O7. The van der Waals surface area contributed by atoms with Crippen LogP contribution in [-0.2, 0) is 19.1 Å². The van der Waals surface area contributed by atoms with Crippen LogP contribution in [0.3, 0.4) is 0 Å². The summed E-state index contributed by atoms with van der Waals surface area (Å²) in [6, 6.07) is 11.2. The van der Waals surface area contributed by atoms with Crippen LogP contribution in [0.2, 0.25) is 0 Å². The molecule has 35 heavy (non-hydrogen) atoms. The Morgan fingerprint density at radius 2 is 1.69 bits per heavy atom. The lowest BCUT2D eigenvalue weighted by Gasteiger charge is -2.14. The predicted molar refractivity (Wildman–Crippen MR) is 132 cm³/mol. The Balaban J connectivity index is 2.23. The van der Waals surface area contributed by atoms with Gasteiger partial charge in [0.2, 0.25) is 0 Å². The van der Waals surface area contributed by atoms with Gasteiger partial charge in [-0.1, -0.05) is 0 Å². The van der Waals surface area contributed by atoms with Gasteiger partial charge in [-0.05, 0) is 84.7 Å². The summed E-state index contributed by atoms with van der Waals surface area (Å²) in [4.78, 5) is 36.1. The fraction of sp³-hybridized carbons (Fsp3) is 0.280. The Hall–Kier alpha value is -3.84. The lowest BCUT2D eigenvalue weighted by atomic mass is 10.1. The first-order valence-electron chi connectivity index (χ1n) is 10.8. The summed E-state index contributed by atoms with van der Waals surface area (Å²) in [5.74, 6) is -1.00. The molecule has 0 fully saturated rings. The zero-order valence-electron chi connectivity index (χ0n) is 19.6. The van der Waals surface area contributed by atoms with Crippen LogP contribution in [-0.4, -0.2) is 44.3 Å². The Kier molecular flexibility index (Phi) is 10.8. The van der Waals surface area contributed by atoms with Crippen LogP contribution in [0.15, 0.2) is 46.4 Å². The van der Waals surface area contributed by atoms with E-state index in [1.807, 2.05) is 6.07 Å². The van der Waals surface area contributed by atoms with Crippen molar-refractivity contribution in [1.29, 1.82) is 5.26 Å². The molecule has 1 amide bonds. The minimum Gasteiger partial charge on any atom is -0.490 e. The highest BCUT2D eigenvalue weighted by molar-refractivity contribution is 9.10. The molecule has 0 aliphatic rings. The van der Waals surface area contributed by atoms with Crippen molar-refractivity contribution < 1.29 is 33.3 Å². The second kappa shape index (κ2) is 13.8. The van der Waals surface area contributed by atoms with Crippen LogP contribution in [0.4, 0.5) is 5.69 Å². The van der Waals surface area contributed by atoms with Gasteiger partial charge in [0.1, 0.15) is 11.6 Å². The number of amides is 1. The van der Waals surface area contributed by atoms with E-state index in [-0.39, 0.29) is 25.4 Å². The predicted octanol–water partition coefficient (Wildman–Crippen LogP) is 4.51. The maximum absolute atomic E-state index is 12.7. The van der Waals surface area contributed by atoms with E-state index < -0.39 is 17.8 Å². The van der Waals surface area contributed by atoms with E-state index in [0.29, 0.717) is 39.4 Å². The maximum Gasteiger partial charge on any atom is 0.344 e. The molecule has 0 heterocycles. The molecule has 0 aromatic heterocycles. The number of hydrogen-bond acceptors (Lipinski definition) is 8. The lowest BCUT2D eigenvalue weighted by molar-refractivity contribution is -0.145. The number of nitriles is 1. The van der Waals surface area contributed by atoms with Gasteiger partial charge in [0, 0.05) is 5.69 Å². The summed E-state index contributed by atoms with van der Waals surface area (Å²) >= 11 is 3.38. The third-order valence-corrected chi connectivity index (χ3v) is 4.89. The fourth-order valence-electron chi connectivity index (χ4n) is 2.83. The lowest BCUT2D eigenvalue weighted by Crippen LogP contribution is -2.15. The number of halogens is 1. The summed E-state index contributed by atoms with van der Waals surface area (Å²) < 4.78 is 21.4. The average Bonchev–Trinajstić information content (AvgIpc) is 2.83. The van der Waals surface area contributed by atoms with Gasteiger partial charge < -0.3 is 24.3 Å². The molecule has 0 saturated heterocycles. The van der Waals surface area contributed by atoms with Gasteiger partial charge in [0.15, 0.2) is 18.1 Å². The third-order valence-electron chi connectivity index (χ3n) is 4.30. The largest absolute Gasteiger partial charge is 0.490 e. The Labute approximate surface area is 211 Å². The van der Waals surface area contributed by atoms with Crippen LogP contribution in [0.1, 0.15) is 36.7 Å². The molecule has 2 aromatic rings. The molecule has 9 nitrogen and oxygen atoms in total. The molecule has 2 aromatic carbocycles. The first-order valence-corrected chi connectivity index (χ1v) is 11.6. The van der Waals surface area contributed by atoms with Crippen molar-refractivity contribution in [2.45, 2.75) is 20.8 Å². The topological polar surface area (TPSA) is 124 Å². The average molecular weight is 545 g/mol. The van der Waals surface area contributed by atoms with Crippen molar-refractivity contribution in [2.75, 3.05) is 31.7 Å². The molecular weight excluding hydrogens is 520 g/mol. The summed E-state index contributed by atoms with van der Waals surface area (Å²) in [6.07, 6.45) is 1.39. The second-order valence-electron chi connectivity index (χ2n) is 6.78. The number of anilines is 1. The number of esters is 2. The molecule has 0 spiro atoms. The van der Waals surface area contributed by atoms with E-state index in [1.54, 1.807) is 45.0 Å². The first-order chi connectivity index (χ1) is 16.8. The minimum atomic E-state index is -0.631. The minimum absolute atomic E-state index is 0.158. The smallest absolute Gasteiger partial charge is 0.344 e. The summed E-state index contributed by atoms with van der Waals surface area (Å²) in [7, 11) is 0. The normalized spacial score (nSPS) is 10.7. The fourth-order valence-corrected chi connectivity index (χ4v) is 3.40. The van der Waals surface area contributed by atoms with Gasteiger partial charge in [0.05, 0.1) is 29.9 Å². The maximum atomic E-state index is 12.7. The molecule has 1 N–H and O–H groups in total. The van der Waals surface area contributed by atoms with Crippen molar-refractivity contribution in [3.8, 4) is 17.6 Å². The second-order valence-corrected chi connectivity index (χ2v) is 7.63. The number of nitrogens with zero attached hydrogens (tertiary/aromatic N) is 1. The first kappa shape index (κ1) is 27.4. The van der Waals surface area contributed by atoms with E-state index in [4.69, 9.17) is 18.9 Å².